The predicted octanol–water partition coefficient (Wildman–Crippen LogP) is 2.69. The molecule has 1 aromatic rings. The van der Waals surface area contributed by atoms with Crippen LogP contribution in [0.25, 0.3) is 0 Å². The van der Waals surface area contributed by atoms with Crippen molar-refractivity contribution in [3.63, 3.8) is 0 Å². The minimum Gasteiger partial charge on any atom is -0.493 e. The van der Waals surface area contributed by atoms with Gasteiger partial charge in [-0.25, -0.2) is 0 Å². The van der Waals surface area contributed by atoms with E-state index in [0.717, 1.165) is 11.3 Å². The van der Waals surface area contributed by atoms with Crippen LogP contribution in [0.4, 0.5) is 0 Å². The Kier molecular flexibility index (Phi) is 6.21. The molecule has 1 rings (SSSR count). The van der Waals surface area contributed by atoms with Crippen molar-refractivity contribution < 1.29 is 14.6 Å². The molecule has 1 N–H and O–H groups in total. The van der Waals surface area contributed by atoms with Crippen LogP contribution in [0.5, 0.6) is 5.75 Å². The molecule has 0 aliphatic rings. The topological polar surface area (TPSA) is 49.8 Å². The van der Waals surface area contributed by atoms with E-state index >= 15 is 0 Å². The van der Waals surface area contributed by atoms with Crippen LogP contribution in [0.2, 0.25) is 0 Å². The van der Waals surface area contributed by atoms with Gasteiger partial charge in [0.2, 0.25) is 5.91 Å². The van der Waals surface area contributed by atoms with Gasteiger partial charge < -0.3 is 14.7 Å². The number of carbonyl (C=O) groups is 1. The van der Waals surface area contributed by atoms with Crippen molar-refractivity contribution in [2.45, 2.75) is 46.6 Å². The fraction of sp³-hybridized carbons (Fsp3) is 0.588. The van der Waals surface area contributed by atoms with Crippen LogP contribution < -0.4 is 4.74 Å². The highest BCUT2D eigenvalue weighted by atomic mass is 16.5. The Labute approximate surface area is 127 Å². The Bertz CT molecular complexity index is 477. The molecule has 0 saturated heterocycles. The molecule has 0 aliphatic carbocycles. The van der Waals surface area contributed by atoms with Crippen molar-refractivity contribution in [3.05, 3.63) is 29.3 Å². The summed E-state index contributed by atoms with van der Waals surface area (Å²) in [6.45, 7) is 10.6. The van der Waals surface area contributed by atoms with Gasteiger partial charge in [-0.3, -0.25) is 4.79 Å². The first kappa shape index (κ1) is 17.5. The first-order chi connectivity index (χ1) is 9.73. The third-order valence-electron chi connectivity index (χ3n) is 3.22. The minimum atomic E-state index is -0.875. The van der Waals surface area contributed by atoms with E-state index < -0.39 is 5.60 Å². The number of hydrogen-bond donors (Lipinski definition) is 1. The number of nitrogens with zero attached hydrogens (tertiary/aromatic N) is 1. The highest BCUT2D eigenvalue weighted by molar-refractivity contribution is 5.76. The fourth-order valence-electron chi connectivity index (χ4n) is 2.21. The molecule has 0 saturated carbocycles. The number of aryl methyl sites for hydroxylation is 2. The van der Waals surface area contributed by atoms with Crippen LogP contribution >= 0.6 is 0 Å². The standard InChI is InChI=1S/C17H27NO3/c1-6-18(12-17(4,5)20)16(19)9-10-21-15-8-7-13(2)11-14(15)3/h7-8,11,20H,6,9-10,12H2,1-5H3. The number of rotatable bonds is 7. The van der Waals surface area contributed by atoms with Gasteiger partial charge in [0.25, 0.3) is 0 Å². The van der Waals surface area contributed by atoms with Gasteiger partial charge in [-0.1, -0.05) is 17.7 Å². The minimum absolute atomic E-state index is 0.00406. The molecular formula is C17H27NO3. The second kappa shape index (κ2) is 7.46. The summed E-state index contributed by atoms with van der Waals surface area (Å²) in [5, 5.41) is 9.81. The Morgan fingerprint density at radius 2 is 2.00 bits per heavy atom. The molecule has 0 aromatic heterocycles. The van der Waals surface area contributed by atoms with E-state index in [1.165, 1.54) is 5.56 Å². The zero-order chi connectivity index (χ0) is 16.0. The molecular weight excluding hydrogens is 266 g/mol. The molecule has 0 atom stereocenters. The van der Waals surface area contributed by atoms with Crippen molar-refractivity contribution in [2.24, 2.45) is 0 Å². The number of hydrogen-bond acceptors (Lipinski definition) is 3. The van der Waals surface area contributed by atoms with Gasteiger partial charge in [0.05, 0.1) is 18.6 Å². The van der Waals surface area contributed by atoms with Gasteiger partial charge in [0.1, 0.15) is 5.75 Å². The number of aliphatic hydroxyl groups is 1. The van der Waals surface area contributed by atoms with Crippen LogP contribution in [0, 0.1) is 13.8 Å². The van der Waals surface area contributed by atoms with E-state index in [1.807, 2.05) is 32.9 Å². The lowest BCUT2D eigenvalue weighted by Gasteiger charge is -2.28. The first-order valence-electron chi connectivity index (χ1n) is 7.43. The lowest BCUT2D eigenvalue weighted by Crippen LogP contribution is -2.42. The summed E-state index contributed by atoms with van der Waals surface area (Å²) in [5.41, 5.74) is 1.39. The molecule has 0 radical (unpaired) electrons. The molecule has 1 aromatic carbocycles. The predicted molar refractivity (Wildman–Crippen MR) is 84.6 cm³/mol. The number of likely N-dealkylation sites (N-methyl/N-ethyl adjacent to an activating group) is 1. The van der Waals surface area contributed by atoms with Crippen molar-refractivity contribution in [1.82, 2.24) is 4.90 Å². The van der Waals surface area contributed by atoms with Gasteiger partial charge in [-0.2, -0.15) is 0 Å². The number of carbonyl (C=O) groups excluding carboxylic acids is 1. The smallest absolute Gasteiger partial charge is 0.226 e. The van der Waals surface area contributed by atoms with Crippen LogP contribution in [0.15, 0.2) is 18.2 Å². The molecule has 0 fully saturated rings. The van der Waals surface area contributed by atoms with Gasteiger partial charge in [-0.05, 0) is 46.2 Å². The van der Waals surface area contributed by atoms with Crippen LogP contribution in [0.1, 0.15) is 38.3 Å². The molecule has 1 amide bonds. The second-order valence-corrected chi connectivity index (χ2v) is 6.09. The molecule has 0 heterocycles. The molecule has 0 unspecified atom stereocenters. The average molecular weight is 293 g/mol. The largest absolute Gasteiger partial charge is 0.493 e. The summed E-state index contributed by atoms with van der Waals surface area (Å²) < 4.78 is 5.68. The summed E-state index contributed by atoms with van der Waals surface area (Å²) in [5.74, 6) is 0.823. The maximum atomic E-state index is 12.1. The monoisotopic (exact) mass is 293 g/mol. The summed E-state index contributed by atoms with van der Waals surface area (Å²) in [7, 11) is 0. The first-order valence-corrected chi connectivity index (χ1v) is 7.43. The summed E-state index contributed by atoms with van der Waals surface area (Å²) in [6.07, 6.45) is 0.317. The summed E-state index contributed by atoms with van der Waals surface area (Å²) >= 11 is 0. The molecule has 4 nitrogen and oxygen atoms in total. The van der Waals surface area contributed by atoms with E-state index in [2.05, 4.69) is 6.07 Å². The molecule has 0 aliphatic heterocycles. The lowest BCUT2D eigenvalue weighted by atomic mass is 10.1. The normalized spacial score (nSPS) is 11.3. The fourth-order valence-corrected chi connectivity index (χ4v) is 2.21. The maximum Gasteiger partial charge on any atom is 0.226 e. The van der Waals surface area contributed by atoms with Crippen LogP contribution in [-0.2, 0) is 4.79 Å². The zero-order valence-corrected chi connectivity index (χ0v) is 13.8. The van der Waals surface area contributed by atoms with Gasteiger partial charge >= 0.3 is 0 Å². The lowest BCUT2D eigenvalue weighted by molar-refractivity contribution is -0.134. The van der Waals surface area contributed by atoms with E-state index in [-0.39, 0.29) is 5.91 Å². The number of amides is 1. The third kappa shape index (κ3) is 6.17. The molecule has 118 valence electrons. The average Bonchev–Trinajstić information content (AvgIpc) is 2.37. The molecule has 4 heteroatoms. The van der Waals surface area contributed by atoms with Crippen molar-refractivity contribution in [1.29, 1.82) is 0 Å². The summed E-state index contributed by atoms with van der Waals surface area (Å²) in [6, 6.07) is 5.99. The summed E-state index contributed by atoms with van der Waals surface area (Å²) in [4.78, 5) is 13.8. The zero-order valence-electron chi connectivity index (χ0n) is 13.8. The van der Waals surface area contributed by atoms with Gasteiger partial charge in [-0.15, -0.1) is 0 Å². The Morgan fingerprint density at radius 3 is 2.52 bits per heavy atom. The van der Waals surface area contributed by atoms with E-state index in [1.54, 1.807) is 18.7 Å². The van der Waals surface area contributed by atoms with E-state index in [0.29, 0.717) is 26.1 Å². The van der Waals surface area contributed by atoms with Crippen molar-refractivity contribution in [3.8, 4) is 5.75 Å². The molecule has 0 spiro atoms. The number of benzene rings is 1. The molecule has 21 heavy (non-hydrogen) atoms. The van der Waals surface area contributed by atoms with Crippen molar-refractivity contribution >= 4 is 5.91 Å². The van der Waals surface area contributed by atoms with Gasteiger partial charge in [0, 0.05) is 13.1 Å². The van der Waals surface area contributed by atoms with Crippen LogP contribution in [-0.4, -0.2) is 41.2 Å². The Hall–Kier alpha value is -1.55. The second-order valence-electron chi connectivity index (χ2n) is 6.09. The maximum absolute atomic E-state index is 12.1. The Balaban J connectivity index is 2.48. The highest BCUT2D eigenvalue weighted by Gasteiger charge is 2.21. The highest BCUT2D eigenvalue weighted by Crippen LogP contribution is 2.19. The SMILES string of the molecule is CCN(CC(C)(C)O)C(=O)CCOc1ccc(C)cc1C. The third-order valence-corrected chi connectivity index (χ3v) is 3.22. The van der Waals surface area contributed by atoms with Crippen molar-refractivity contribution in [2.75, 3.05) is 19.7 Å². The number of ether oxygens (including phenoxy) is 1. The molecule has 0 bridgehead atoms. The van der Waals surface area contributed by atoms with E-state index in [4.69, 9.17) is 4.74 Å². The Morgan fingerprint density at radius 1 is 1.33 bits per heavy atom. The van der Waals surface area contributed by atoms with E-state index in [9.17, 15) is 9.90 Å². The quantitative estimate of drug-likeness (QED) is 0.841. The van der Waals surface area contributed by atoms with Crippen LogP contribution in [0.3, 0.4) is 0 Å². The van der Waals surface area contributed by atoms with Gasteiger partial charge in [0.15, 0.2) is 0 Å².